The van der Waals surface area contributed by atoms with E-state index in [1.165, 1.54) is 29.8 Å². The molecule has 0 radical (unpaired) electrons. The molecule has 1 aliphatic rings. The Kier molecular flexibility index (Phi) is 6.16. The molecule has 0 spiro atoms. The lowest BCUT2D eigenvalue weighted by atomic mass is 9.96. The minimum atomic E-state index is -1.07. The van der Waals surface area contributed by atoms with Crippen molar-refractivity contribution in [2.24, 2.45) is 0 Å². The molecule has 0 atom stereocenters. The highest BCUT2D eigenvalue weighted by Crippen LogP contribution is 2.35. The van der Waals surface area contributed by atoms with Gasteiger partial charge < -0.3 is 9.67 Å². The Morgan fingerprint density at radius 3 is 2.60 bits per heavy atom. The van der Waals surface area contributed by atoms with Crippen LogP contribution < -0.4 is 0 Å². The van der Waals surface area contributed by atoms with E-state index in [1.54, 1.807) is 12.1 Å². The third kappa shape index (κ3) is 4.26. The van der Waals surface area contributed by atoms with Crippen LogP contribution in [0, 0.1) is 5.82 Å². The van der Waals surface area contributed by atoms with Gasteiger partial charge in [0.05, 0.1) is 5.52 Å². The van der Waals surface area contributed by atoms with Gasteiger partial charge in [0.25, 0.3) is 0 Å². The molecule has 4 rings (SSSR count). The number of hydrogen-bond donors (Lipinski definition) is 1. The summed E-state index contributed by atoms with van der Waals surface area (Å²) in [5, 5.41) is 11.1. The van der Waals surface area contributed by atoms with E-state index in [1.807, 2.05) is 12.1 Å². The number of carbonyl (C=O) groups is 1. The van der Waals surface area contributed by atoms with Gasteiger partial charge in [0.15, 0.2) is 0 Å². The van der Waals surface area contributed by atoms with Crippen LogP contribution in [-0.2, 0) is 24.2 Å². The van der Waals surface area contributed by atoms with Crippen LogP contribution in [0.1, 0.15) is 48.1 Å². The number of hydrogen-bond acceptors (Lipinski definition) is 1. The SMILES string of the molecule is O=C(O)/C=C/c1cc(F)cc2c3c(n(Cc4ccc(Cl)cc4Cl)c12)CCCCCC3. The molecule has 1 heterocycles. The van der Waals surface area contributed by atoms with E-state index in [-0.39, 0.29) is 5.82 Å². The summed E-state index contributed by atoms with van der Waals surface area (Å²) in [7, 11) is 0. The quantitative estimate of drug-likeness (QED) is 0.444. The highest BCUT2D eigenvalue weighted by atomic mass is 35.5. The Hall–Kier alpha value is -2.30. The second kappa shape index (κ2) is 8.83. The zero-order valence-electron chi connectivity index (χ0n) is 16.4. The van der Waals surface area contributed by atoms with Crippen LogP contribution >= 0.6 is 23.2 Å². The van der Waals surface area contributed by atoms with Crippen LogP contribution in [0.5, 0.6) is 0 Å². The van der Waals surface area contributed by atoms with Crippen LogP contribution in [0.25, 0.3) is 17.0 Å². The topological polar surface area (TPSA) is 42.2 Å². The van der Waals surface area contributed by atoms with Crippen molar-refractivity contribution in [3.05, 3.63) is 74.7 Å². The summed E-state index contributed by atoms with van der Waals surface area (Å²) in [6.45, 7) is 0.515. The number of aryl methyl sites for hydroxylation is 1. The van der Waals surface area contributed by atoms with Crippen LogP contribution in [0.2, 0.25) is 10.0 Å². The standard InChI is InChI=1S/C24H22Cl2FNO2/c25-17-9-7-16(21(26)12-17)14-28-22-6-4-2-1-3-5-19(22)20-13-18(27)11-15(24(20)28)8-10-23(29)30/h7-13H,1-6,14H2,(H,29,30)/b10-8+. The largest absolute Gasteiger partial charge is 0.478 e. The van der Waals surface area contributed by atoms with E-state index in [9.17, 15) is 9.18 Å². The minimum absolute atomic E-state index is 0.362. The first-order chi connectivity index (χ1) is 14.4. The lowest BCUT2D eigenvalue weighted by Crippen LogP contribution is -2.08. The highest BCUT2D eigenvalue weighted by Gasteiger charge is 2.21. The number of aromatic nitrogens is 1. The van der Waals surface area contributed by atoms with Gasteiger partial charge in [-0.15, -0.1) is 0 Å². The van der Waals surface area contributed by atoms with E-state index in [0.29, 0.717) is 22.2 Å². The van der Waals surface area contributed by atoms with Gasteiger partial charge in [-0.25, -0.2) is 9.18 Å². The van der Waals surface area contributed by atoms with Crippen LogP contribution in [-0.4, -0.2) is 15.6 Å². The summed E-state index contributed by atoms with van der Waals surface area (Å²) < 4.78 is 16.7. The van der Waals surface area contributed by atoms with Gasteiger partial charge in [-0.3, -0.25) is 0 Å². The summed E-state index contributed by atoms with van der Waals surface area (Å²) in [6, 6.07) is 8.41. The average molecular weight is 446 g/mol. The fourth-order valence-corrected chi connectivity index (χ4v) is 4.87. The van der Waals surface area contributed by atoms with Crippen LogP contribution in [0.4, 0.5) is 4.39 Å². The maximum Gasteiger partial charge on any atom is 0.328 e. The minimum Gasteiger partial charge on any atom is -0.478 e. The van der Waals surface area contributed by atoms with Crippen molar-refractivity contribution in [1.82, 2.24) is 4.57 Å². The number of nitrogens with zero attached hydrogens (tertiary/aromatic N) is 1. The van der Waals surface area contributed by atoms with E-state index in [0.717, 1.165) is 54.6 Å². The molecule has 0 saturated carbocycles. The summed E-state index contributed by atoms with van der Waals surface area (Å²) >= 11 is 12.5. The number of halogens is 3. The second-order valence-electron chi connectivity index (χ2n) is 7.72. The monoisotopic (exact) mass is 445 g/mol. The van der Waals surface area contributed by atoms with Crippen molar-refractivity contribution in [1.29, 1.82) is 0 Å². The zero-order chi connectivity index (χ0) is 21.3. The summed E-state index contributed by atoms with van der Waals surface area (Å²) in [5.41, 5.74) is 4.68. The molecule has 30 heavy (non-hydrogen) atoms. The van der Waals surface area contributed by atoms with Crippen molar-refractivity contribution >= 4 is 46.2 Å². The molecule has 3 aromatic rings. The second-order valence-corrected chi connectivity index (χ2v) is 8.57. The van der Waals surface area contributed by atoms with Gasteiger partial charge in [0.1, 0.15) is 5.82 Å². The van der Waals surface area contributed by atoms with Crippen LogP contribution in [0.15, 0.2) is 36.4 Å². The number of benzene rings is 2. The molecule has 156 valence electrons. The summed E-state index contributed by atoms with van der Waals surface area (Å²) in [6.07, 6.45) is 8.78. The average Bonchev–Trinajstić information content (AvgIpc) is 2.93. The van der Waals surface area contributed by atoms with Gasteiger partial charge in [0.2, 0.25) is 0 Å². The maximum atomic E-state index is 14.5. The third-order valence-electron chi connectivity index (χ3n) is 5.71. The Balaban J connectivity index is 1.97. The van der Waals surface area contributed by atoms with E-state index in [2.05, 4.69) is 4.57 Å². The van der Waals surface area contributed by atoms with Crippen molar-refractivity contribution < 1.29 is 14.3 Å². The first-order valence-electron chi connectivity index (χ1n) is 10.1. The molecular weight excluding hydrogens is 424 g/mol. The predicted molar refractivity (Wildman–Crippen MR) is 120 cm³/mol. The molecule has 0 fully saturated rings. The zero-order valence-corrected chi connectivity index (χ0v) is 17.9. The van der Waals surface area contributed by atoms with Crippen LogP contribution in [0.3, 0.4) is 0 Å². The molecule has 0 bridgehead atoms. The number of rotatable bonds is 4. The van der Waals surface area contributed by atoms with Crippen molar-refractivity contribution in [2.45, 2.75) is 45.1 Å². The van der Waals surface area contributed by atoms with Crippen molar-refractivity contribution in [2.75, 3.05) is 0 Å². The molecule has 0 amide bonds. The Morgan fingerprint density at radius 2 is 1.87 bits per heavy atom. The normalized spacial score (nSPS) is 14.6. The molecular formula is C24H22Cl2FNO2. The molecule has 0 aliphatic heterocycles. The highest BCUT2D eigenvalue weighted by molar-refractivity contribution is 6.35. The molecule has 1 N–H and O–H groups in total. The summed E-state index contributed by atoms with van der Waals surface area (Å²) in [4.78, 5) is 11.1. The van der Waals surface area contributed by atoms with Gasteiger partial charge in [-0.1, -0.05) is 42.1 Å². The van der Waals surface area contributed by atoms with Gasteiger partial charge in [0, 0.05) is 39.3 Å². The summed E-state index contributed by atoms with van der Waals surface area (Å²) in [5.74, 6) is -1.43. The molecule has 0 unspecified atom stereocenters. The van der Waals surface area contributed by atoms with Gasteiger partial charge >= 0.3 is 5.97 Å². The Morgan fingerprint density at radius 1 is 1.10 bits per heavy atom. The first-order valence-corrected chi connectivity index (χ1v) is 10.9. The fourth-order valence-electron chi connectivity index (χ4n) is 4.40. The maximum absolute atomic E-state index is 14.5. The smallest absolute Gasteiger partial charge is 0.328 e. The molecule has 6 heteroatoms. The van der Waals surface area contributed by atoms with E-state index in [4.69, 9.17) is 28.3 Å². The predicted octanol–water partition coefficient (Wildman–Crippen LogP) is 6.89. The fraction of sp³-hybridized carbons (Fsp3) is 0.292. The lowest BCUT2D eigenvalue weighted by Gasteiger charge is -2.16. The third-order valence-corrected chi connectivity index (χ3v) is 6.30. The molecule has 2 aromatic carbocycles. The molecule has 0 saturated heterocycles. The number of carboxylic acid groups (broad SMARTS) is 1. The van der Waals surface area contributed by atoms with Gasteiger partial charge in [-0.05, 0) is 67.2 Å². The molecule has 1 aliphatic carbocycles. The molecule has 3 nitrogen and oxygen atoms in total. The molecule has 1 aromatic heterocycles. The lowest BCUT2D eigenvalue weighted by molar-refractivity contribution is -0.131. The first kappa shape index (κ1) is 21.0. The number of carboxylic acids is 1. The van der Waals surface area contributed by atoms with Gasteiger partial charge in [-0.2, -0.15) is 0 Å². The number of aliphatic carboxylic acids is 1. The van der Waals surface area contributed by atoms with E-state index < -0.39 is 5.97 Å². The Labute approximate surface area is 184 Å². The number of fused-ring (bicyclic) bond motifs is 3. The van der Waals surface area contributed by atoms with E-state index >= 15 is 0 Å². The van der Waals surface area contributed by atoms with Crippen molar-refractivity contribution in [3.63, 3.8) is 0 Å². The Bertz CT molecular complexity index is 1150. The van der Waals surface area contributed by atoms with Crippen molar-refractivity contribution in [3.8, 4) is 0 Å².